The largest absolute Gasteiger partial charge is 0.369 e. The van der Waals surface area contributed by atoms with E-state index in [1.165, 1.54) is 12.1 Å². The van der Waals surface area contributed by atoms with E-state index in [1.54, 1.807) is 12.1 Å². The first-order chi connectivity index (χ1) is 10.1. The van der Waals surface area contributed by atoms with Crippen molar-refractivity contribution in [3.05, 3.63) is 65.0 Å². The average Bonchev–Trinajstić information content (AvgIpc) is 2.49. The zero-order valence-electron chi connectivity index (χ0n) is 12.2. The van der Waals surface area contributed by atoms with E-state index in [4.69, 9.17) is 0 Å². The Bertz CT molecular complexity index is 644. The van der Waals surface area contributed by atoms with Gasteiger partial charge in [0.25, 0.3) is 0 Å². The molecule has 0 unspecified atom stereocenters. The average molecular weight is 283 g/mol. The minimum Gasteiger partial charge on any atom is -0.369 e. The molecule has 0 bridgehead atoms. The molecule has 3 nitrogen and oxygen atoms in total. The fourth-order valence-electron chi connectivity index (χ4n) is 2.27. The van der Waals surface area contributed by atoms with Gasteiger partial charge in [0.2, 0.25) is 0 Å². The highest BCUT2D eigenvalue weighted by Gasteiger charge is 2.09. The molecule has 0 aliphatic rings. The van der Waals surface area contributed by atoms with Crippen LogP contribution in [0.1, 0.15) is 16.7 Å². The summed E-state index contributed by atoms with van der Waals surface area (Å²) in [5.74, 6) is -0.240. The van der Waals surface area contributed by atoms with Crippen LogP contribution in [0.3, 0.4) is 0 Å². The number of nitrogens with one attached hydrogen (secondary N) is 1. The Morgan fingerprint density at radius 2 is 1.81 bits per heavy atom. The molecular formula is C17H18FN3. The Labute approximate surface area is 124 Å². The summed E-state index contributed by atoms with van der Waals surface area (Å²) in [5.41, 5.74) is 3.60. The normalized spacial score (nSPS) is 10.2. The predicted molar refractivity (Wildman–Crippen MR) is 82.4 cm³/mol. The third-order valence-electron chi connectivity index (χ3n) is 3.31. The highest BCUT2D eigenvalue weighted by atomic mass is 19.1. The fraction of sp³-hybridized carbons (Fsp3) is 0.235. The number of hydrogen-bond donors (Lipinski definition) is 1. The molecule has 0 aliphatic carbocycles. The molecule has 4 heteroatoms. The van der Waals surface area contributed by atoms with E-state index in [1.807, 2.05) is 37.2 Å². The van der Waals surface area contributed by atoms with Gasteiger partial charge in [-0.1, -0.05) is 18.2 Å². The topological polar surface area (TPSA) is 39.1 Å². The zero-order chi connectivity index (χ0) is 15.2. The minimum absolute atomic E-state index is 0.240. The summed E-state index contributed by atoms with van der Waals surface area (Å²) in [4.78, 5) is 1.99. The summed E-state index contributed by atoms with van der Waals surface area (Å²) in [5, 5.41) is 12.4. The number of halogens is 1. The van der Waals surface area contributed by atoms with Crippen LogP contribution in [0.2, 0.25) is 0 Å². The van der Waals surface area contributed by atoms with Gasteiger partial charge in [-0.2, -0.15) is 5.26 Å². The summed E-state index contributed by atoms with van der Waals surface area (Å²) >= 11 is 0. The molecule has 1 N–H and O–H groups in total. The lowest BCUT2D eigenvalue weighted by atomic mass is 10.1. The molecule has 0 fully saturated rings. The summed E-state index contributed by atoms with van der Waals surface area (Å²) < 4.78 is 12.9. The van der Waals surface area contributed by atoms with Crippen LogP contribution in [0.15, 0.2) is 42.5 Å². The number of benzene rings is 2. The van der Waals surface area contributed by atoms with Gasteiger partial charge >= 0.3 is 0 Å². The number of hydrogen-bond acceptors (Lipinski definition) is 3. The van der Waals surface area contributed by atoms with E-state index in [0.29, 0.717) is 12.1 Å². The quantitative estimate of drug-likeness (QED) is 0.916. The second-order valence-electron chi connectivity index (χ2n) is 4.98. The van der Waals surface area contributed by atoms with Crippen LogP contribution in [0.4, 0.5) is 10.1 Å². The Hall–Kier alpha value is -2.38. The van der Waals surface area contributed by atoms with E-state index >= 15 is 0 Å². The molecule has 0 spiro atoms. The van der Waals surface area contributed by atoms with E-state index in [9.17, 15) is 9.65 Å². The van der Waals surface area contributed by atoms with Gasteiger partial charge in [0.15, 0.2) is 0 Å². The lowest BCUT2D eigenvalue weighted by molar-refractivity contribution is 0.627. The van der Waals surface area contributed by atoms with Gasteiger partial charge in [-0.3, -0.25) is 0 Å². The molecule has 0 amide bonds. The molecular weight excluding hydrogens is 265 g/mol. The van der Waals surface area contributed by atoms with E-state index in [-0.39, 0.29) is 5.82 Å². The molecule has 0 saturated heterocycles. The van der Waals surface area contributed by atoms with Crippen LogP contribution in [-0.2, 0) is 13.1 Å². The van der Waals surface area contributed by atoms with Crippen LogP contribution >= 0.6 is 0 Å². The maximum atomic E-state index is 12.9. The van der Waals surface area contributed by atoms with Crippen molar-refractivity contribution in [2.45, 2.75) is 13.1 Å². The minimum atomic E-state index is -0.240. The van der Waals surface area contributed by atoms with Crippen molar-refractivity contribution < 1.29 is 4.39 Å². The Morgan fingerprint density at radius 1 is 1.14 bits per heavy atom. The number of nitriles is 1. The maximum absolute atomic E-state index is 12.9. The number of nitrogens with zero attached hydrogens (tertiary/aromatic N) is 2. The zero-order valence-corrected chi connectivity index (χ0v) is 12.2. The standard InChI is InChI=1S/C17H18FN3/c1-20-11-14-5-8-17(15(9-14)10-19)21(2)12-13-3-6-16(18)7-4-13/h3-9,20H,11-12H2,1-2H3. The lowest BCUT2D eigenvalue weighted by Gasteiger charge is -2.21. The SMILES string of the molecule is CNCc1ccc(N(C)Cc2ccc(F)cc2)c(C#N)c1. The molecule has 0 aliphatic heterocycles. The van der Waals surface area contributed by atoms with Crippen molar-refractivity contribution >= 4 is 5.69 Å². The summed E-state index contributed by atoms with van der Waals surface area (Å²) in [6, 6.07) is 14.5. The van der Waals surface area contributed by atoms with Crippen LogP contribution in [0.5, 0.6) is 0 Å². The summed E-state index contributed by atoms with van der Waals surface area (Å²) in [7, 11) is 3.80. The molecule has 2 aromatic rings. The second-order valence-corrected chi connectivity index (χ2v) is 4.98. The van der Waals surface area contributed by atoms with Gasteiger partial charge in [-0.15, -0.1) is 0 Å². The van der Waals surface area contributed by atoms with Gasteiger partial charge in [-0.05, 0) is 42.4 Å². The van der Waals surface area contributed by atoms with Gasteiger partial charge in [-0.25, -0.2) is 4.39 Å². The summed E-state index contributed by atoms with van der Waals surface area (Å²) in [6.07, 6.45) is 0. The van der Waals surface area contributed by atoms with E-state index in [0.717, 1.165) is 23.4 Å². The monoisotopic (exact) mass is 283 g/mol. The number of rotatable bonds is 5. The third-order valence-corrected chi connectivity index (χ3v) is 3.31. The molecule has 0 atom stereocenters. The van der Waals surface area contributed by atoms with Crippen molar-refractivity contribution in [3.8, 4) is 6.07 Å². The van der Waals surface area contributed by atoms with Crippen molar-refractivity contribution in [2.75, 3.05) is 19.0 Å². The first kappa shape index (κ1) is 15.0. The van der Waals surface area contributed by atoms with E-state index in [2.05, 4.69) is 11.4 Å². The molecule has 108 valence electrons. The second kappa shape index (κ2) is 6.87. The van der Waals surface area contributed by atoms with Crippen LogP contribution in [0, 0.1) is 17.1 Å². The smallest absolute Gasteiger partial charge is 0.123 e. The molecule has 0 radical (unpaired) electrons. The molecule has 0 aromatic heterocycles. The van der Waals surface area contributed by atoms with Crippen molar-refractivity contribution in [3.63, 3.8) is 0 Å². The first-order valence-corrected chi connectivity index (χ1v) is 6.77. The van der Waals surface area contributed by atoms with Crippen molar-refractivity contribution in [2.24, 2.45) is 0 Å². The lowest BCUT2D eigenvalue weighted by Crippen LogP contribution is -2.18. The first-order valence-electron chi connectivity index (χ1n) is 6.77. The summed E-state index contributed by atoms with van der Waals surface area (Å²) in [6.45, 7) is 1.36. The third kappa shape index (κ3) is 3.80. The highest BCUT2D eigenvalue weighted by molar-refractivity contribution is 5.60. The Morgan fingerprint density at radius 3 is 2.43 bits per heavy atom. The van der Waals surface area contributed by atoms with Crippen LogP contribution in [-0.4, -0.2) is 14.1 Å². The van der Waals surface area contributed by atoms with E-state index < -0.39 is 0 Å². The highest BCUT2D eigenvalue weighted by Crippen LogP contribution is 2.22. The van der Waals surface area contributed by atoms with Gasteiger partial charge in [0.05, 0.1) is 11.3 Å². The van der Waals surface area contributed by atoms with Gasteiger partial charge in [0, 0.05) is 20.1 Å². The van der Waals surface area contributed by atoms with Gasteiger partial charge in [0.1, 0.15) is 11.9 Å². The Kier molecular flexibility index (Phi) is 4.91. The molecule has 0 saturated carbocycles. The van der Waals surface area contributed by atoms with Crippen molar-refractivity contribution in [1.82, 2.24) is 5.32 Å². The predicted octanol–water partition coefficient (Wildman–Crippen LogP) is 3.05. The van der Waals surface area contributed by atoms with Crippen molar-refractivity contribution in [1.29, 1.82) is 5.26 Å². The molecule has 2 aromatic carbocycles. The molecule has 2 rings (SSSR count). The maximum Gasteiger partial charge on any atom is 0.123 e. The Balaban J connectivity index is 2.20. The van der Waals surface area contributed by atoms with Gasteiger partial charge < -0.3 is 10.2 Å². The fourth-order valence-corrected chi connectivity index (χ4v) is 2.27. The van der Waals surface area contributed by atoms with Crippen LogP contribution < -0.4 is 10.2 Å². The molecule has 0 heterocycles. The molecule has 21 heavy (non-hydrogen) atoms. The number of anilines is 1. The van der Waals surface area contributed by atoms with Crippen LogP contribution in [0.25, 0.3) is 0 Å².